The summed E-state index contributed by atoms with van der Waals surface area (Å²) in [6, 6.07) is -1.03. The molecule has 0 spiro atoms. The zero-order valence-electron chi connectivity index (χ0n) is 49.1. The summed E-state index contributed by atoms with van der Waals surface area (Å²) >= 11 is 0. The van der Waals surface area contributed by atoms with Crippen molar-refractivity contribution in [3.8, 4) is 0 Å². The van der Waals surface area contributed by atoms with Gasteiger partial charge in [-0.2, -0.15) is 0 Å². The van der Waals surface area contributed by atoms with Gasteiger partial charge in [0.25, 0.3) is 0 Å². The van der Waals surface area contributed by atoms with Gasteiger partial charge in [-0.15, -0.1) is 0 Å². The van der Waals surface area contributed by atoms with Crippen molar-refractivity contribution in [1.82, 2.24) is 5.32 Å². The van der Waals surface area contributed by atoms with Gasteiger partial charge in [0.1, 0.15) is 24.4 Å². The highest BCUT2D eigenvalue weighted by Gasteiger charge is 2.47. The van der Waals surface area contributed by atoms with Crippen molar-refractivity contribution >= 4 is 11.9 Å². The van der Waals surface area contributed by atoms with E-state index in [0.717, 1.165) is 83.5 Å². The lowest BCUT2D eigenvalue weighted by atomic mass is 9.99. The van der Waals surface area contributed by atoms with Crippen LogP contribution >= 0.6 is 0 Å². The van der Waals surface area contributed by atoms with Crippen LogP contribution in [0.1, 0.15) is 290 Å². The number of amides is 1. The molecule has 1 amide bonds. The van der Waals surface area contributed by atoms with E-state index in [2.05, 4.69) is 62.5 Å². The number of allylic oxidation sites excluding steroid dienone is 7. The van der Waals surface area contributed by atoms with Crippen LogP contribution in [0.4, 0.5) is 0 Å². The SMILES string of the molecule is CCCCC/C=C\C/C=C\C/C=C\CCCCCCCC(O)C(=O)NC(COC1OC(CO)C(O)C(O)C1OC(=O)CCCCCCCCCCCCCCCCCCC)C(O)/C=C/CCCCCCCCCCCC. The van der Waals surface area contributed by atoms with E-state index in [1.54, 1.807) is 6.08 Å². The maximum absolute atomic E-state index is 13.4. The van der Waals surface area contributed by atoms with Gasteiger partial charge in [0, 0.05) is 6.42 Å². The quantitative estimate of drug-likeness (QED) is 0.0195. The molecule has 6 N–H and O–H groups in total. The molecule has 1 aliphatic rings. The number of hydrogen-bond acceptors (Lipinski definition) is 10. The Kier molecular flexibility index (Phi) is 50.2. The average molecular weight is 1070 g/mol. The Balaban J connectivity index is 2.68. The summed E-state index contributed by atoms with van der Waals surface area (Å²) in [5, 5.41) is 57.0. The molecule has 1 heterocycles. The molecule has 0 bridgehead atoms. The average Bonchev–Trinajstić information content (AvgIpc) is 3.42. The van der Waals surface area contributed by atoms with Crippen LogP contribution < -0.4 is 5.32 Å². The van der Waals surface area contributed by atoms with E-state index >= 15 is 0 Å². The molecule has 0 aliphatic carbocycles. The number of carbonyl (C=O) groups is 2. The highest BCUT2D eigenvalue weighted by molar-refractivity contribution is 5.80. The molecule has 8 unspecified atom stereocenters. The molecule has 76 heavy (non-hydrogen) atoms. The van der Waals surface area contributed by atoms with Gasteiger partial charge < -0.3 is 45.1 Å². The van der Waals surface area contributed by atoms with Crippen LogP contribution in [0.3, 0.4) is 0 Å². The summed E-state index contributed by atoms with van der Waals surface area (Å²) in [5.41, 5.74) is 0. The lowest BCUT2D eigenvalue weighted by Crippen LogP contribution is -2.61. The van der Waals surface area contributed by atoms with Gasteiger partial charge >= 0.3 is 5.97 Å². The normalized spacial score (nSPS) is 19.4. The second kappa shape index (κ2) is 53.3. The van der Waals surface area contributed by atoms with Crippen LogP contribution in [0.15, 0.2) is 48.6 Å². The van der Waals surface area contributed by atoms with Crippen LogP contribution in [0.25, 0.3) is 0 Å². The minimum Gasteiger partial charge on any atom is -0.454 e. The second-order valence-electron chi connectivity index (χ2n) is 22.1. The Hall–Kier alpha value is -2.38. The van der Waals surface area contributed by atoms with E-state index in [1.165, 1.54) is 161 Å². The van der Waals surface area contributed by atoms with Crippen LogP contribution in [0, 0.1) is 0 Å². The number of aliphatic hydroxyl groups excluding tert-OH is 5. The predicted octanol–water partition coefficient (Wildman–Crippen LogP) is 15.2. The molecule has 0 saturated carbocycles. The highest BCUT2D eigenvalue weighted by atomic mass is 16.7. The Morgan fingerprint density at radius 2 is 0.908 bits per heavy atom. The maximum Gasteiger partial charge on any atom is 0.306 e. The molecular formula is C65H119NO10. The van der Waals surface area contributed by atoms with Gasteiger partial charge in [0.15, 0.2) is 12.4 Å². The fraction of sp³-hybridized carbons (Fsp3) is 0.846. The number of unbranched alkanes of at least 4 members (excludes halogenated alkanes) is 34. The van der Waals surface area contributed by atoms with Crippen LogP contribution in [0.5, 0.6) is 0 Å². The number of ether oxygens (including phenoxy) is 3. The molecule has 0 aromatic heterocycles. The van der Waals surface area contributed by atoms with Crippen molar-refractivity contribution in [2.45, 2.75) is 339 Å². The van der Waals surface area contributed by atoms with Gasteiger partial charge in [-0.25, -0.2) is 0 Å². The third-order valence-electron chi connectivity index (χ3n) is 15.0. The number of hydrogen-bond donors (Lipinski definition) is 6. The lowest BCUT2D eigenvalue weighted by molar-refractivity contribution is -0.305. The highest BCUT2D eigenvalue weighted by Crippen LogP contribution is 2.26. The summed E-state index contributed by atoms with van der Waals surface area (Å²) in [6.45, 7) is 5.77. The van der Waals surface area contributed by atoms with Crippen molar-refractivity contribution in [3.05, 3.63) is 48.6 Å². The van der Waals surface area contributed by atoms with Crippen molar-refractivity contribution in [3.63, 3.8) is 0 Å². The largest absolute Gasteiger partial charge is 0.454 e. The zero-order valence-corrected chi connectivity index (χ0v) is 49.1. The molecule has 0 aromatic carbocycles. The smallest absolute Gasteiger partial charge is 0.306 e. The molecular weight excluding hydrogens is 955 g/mol. The van der Waals surface area contributed by atoms with Gasteiger partial charge in [0.2, 0.25) is 5.91 Å². The third-order valence-corrected chi connectivity index (χ3v) is 15.0. The first-order chi connectivity index (χ1) is 37.2. The zero-order chi connectivity index (χ0) is 55.4. The molecule has 1 saturated heterocycles. The number of nitrogens with one attached hydrogen (secondary N) is 1. The monoisotopic (exact) mass is 1070 g/mol. The second-order valence-corrected chi connectivity index (χ2v) is 22.1. The molecule has 1 fully saturated rings. The van der Waals surface area contributed by atoms with Crippen LogP contribution in [-0.4, -0.2) is 99.6 Å². The van der Waals surface area contributed by atoms with E-state index in [4.69, 9.17) is 14.2 Å². The van der Waals surface area contributed by atoms with E-state index in [9.17, 15) is 35.1 Å². The van der Waals surface area contributed by atoms with Crippen LogP contribution in [0.2, 0.25) is 0 Å². The van der Waals surface area contributed by atoms with E-state index in [-0.39, 0.29) is 19.4 Å². The molecule has 1 aliphatic heterocycles. The molecule has 11 heteroatoms. The van der Waals surface area contributed by atoms with Crippen molar-refractivity contribution < 1.29 is 49.3 Å². The van der Waals surface area contributed by atoms with Gasteiger partial charge in [0.05, 0.1) is 25.4 Å². The molecule has 0 radical (unpaired) electrons. The molecule has 8 atom stereocenters. The Morgan fingerprint density at radius 1 is 0.513 bits per heavy atom. The summed E-state index contributed by atoms with van der Waals surface area (Å²) in [6.07, 6.45) is 54.3. The first-order valence-corrected chi connectivity index (χ1v) is 31.9. The van der Waals surface area contributed by atoms with Gasteiger partial charge in [-0.05, 0) is 64.2 Å². The minimum atomic E-state index is -1.61. The first kappa shape index (κ1) is 71.6. The van der Waals surface area contributed by atoms with Gasteiger partial charge in [-0.3, -0.25) is 9.59 Å². The summed E-state index contributed by atoms with van der Waals surface area (Å²) in [7, 11) is 0. The Bertz CT molecular complexity index is 1420. The number of aliphatic hydroxyl groups is 5. The van der Waals surface area contributed by atoms with Crippen molar-refractivity contribution in [2.75, 3.05) is 13.2 Å². The van der Waals surface area contributed by atoms with Crippen molar-refractivity contribution in [2.24, 2.45) is 0 Å². The fourth-order valence-corrected chi connectivity index (χ4v) is 9.89. The van der Waals surface area contributed by atoms with E-state index in [0.29, 0.717) is 12.8 Å². The summed E-state index contributed by atoms with van der Waals surface area (Å²) < 4.78 is 17.6. The first-order valence-electron chi connectivity index (χ1n) is 31.9. The van der Waals surface area contributed by atoms with Crippen molar-refractivity contribution in [1.29, 1.82) is 0 Å². The Morgan fingerprint density at radius 3 is 1.38 bits per heavy atom. The molecule has 1 rings (SSSR count). The minimum absolute atomic E-state index is 0.125. The summed E-state index contributed by atoms with van der Waals surface area (Å²) in [4.78, 5) is 26.6. The van der Waals surface area contributed by atoms with Crippen LogP contribution in [-0.2, 0) is 23.8 Å². The summed E-state index contributed by atoms with van der Waals surface area (Å²) in [5.74, 6) is -1.20. The van der Waals surface area contributed by atoms with E-state index < -0.39 is 67.4 Å². The number of carbonyl (C=O) groups excluding carboxylic acids is 2. The third kappa shape index (κ3) is 40.8. The molecule has 11 nitrogen and oxygen atoms in total. The molecule has 0 aromatic rings. The predicted molar refractivity (Wildman–Crippen MR) is 315 cm³/mol. The maximum atomic E-state index is 13.4. The van der Waals surface area contributed by atoms with E-state index in [1.807, 2.05) is 6.08 Å². The topological polar surface area (TPSA) is 175 Å². The standard InChI is InChI=1S/C65H119NO10/c1-4-7-10-13-16-19-22-25-27-29-31-32-34-37-40-43-46-49-52-58(69)64(73)66-56(57(68)51-48-45-42-39-36-24-21-18-15-12-9-6-3)55-74-65-63(62(72)61(71)59(54-67)75-65)76-60(70)53-50-47-44-41-38-35-33-30-28-26-23-20-17-14-11-8-5-2/h16,19,25,27,31-32,48,51,56-59,61-63,65,67-69,71-72H,4-15,17-18,20-24,26,28-30,33-47,49-50,52-55H2,1-3H3,(H,66,73)/b19-16-,27-25-,32-31-,51-48+. The molecule has 444 valence electrons. The lowest BCUT2D eigenvalue weighted by Gasteiger charge is -2.41. The van der Waals surface area contributed by atoms with Gasteiger partial charge in [-0.1, -0.05) is 268 Å². The number of esters is 1. The number of rotatable bonds is 54. The fourth-order valence-electron chi connectivity index (χ4n) is 9.89. The Labute approximate surface area is 466 Å².